The average molecular weight is 259 g/mol. The molecular weight excluding hydrogens is 241 g/mol. The van der Waals surface area contributed by atoms with Crippen molar-refractivity contribution in [3.8, 4) is 0 Å². The Morgan fingerprint density at radius 2 is 2.05 bits per heavy atom. The van der Waals surface area contributed by atoms with Crippen LogP contribution in [0.1, 0.15) is 37.3 Å². The highest BCUT2D eigenvalue weighted by Gasteiger charge is 2.19. The van der Waals surface area contributed by atoms with Gasteiger partial charge in [0, 0.05) is 24.1 Å². The first-order valence-corrected chi connectivity index (χ1v) is 6.79. The molecule has 0 saturated heterocycles. The first-order valence-electron chi connectivity index (χ1n) is 6.79. The molecule has 3 nitrogen and oxygen atoms in total. The molecule has 1 fully saturated rings. The summed E-state index contributed by atoms with van der Waals surface area (Å²) in [5.74, 6) is 0.582. The minimum Gasteiger partial charge on any atom is -0.325 e. The van der Waals surface area contributed by atoms with Crippen LogP contribution < -0.4 is 5.32 Å². The summed E-state index contributed by atoms with van der Waals surface area (Å²) in [6, 6.07) is 5.48. The predicted molar refractivity (Wildman–Crippen MR) is 74.2 cm³/mol. The van der Waals surface area contributed by atoms with Crippen LogP contribution >= 0.6 is 0 Å². The van der Waals surface area contributed by atoms with E-state index < -0.39 is 0 Å². The Kier molecular flexibility index (Phi) is 3.23. The summed E-state index contributed by atoms with van der Waals surface area (Å²) in [7, 11) is 0. The second-order valence-corrected chi connectivity index (χ2v) is 5.24. The fourth-order valence-corrected chi connectivity index (χ4v) is 2.82. The molecule has 0 spiro atoms. The molecule has 4 heteroatoms. The first kappa shape index (κ1) is 12.2. The highest BCUT2D eigenvalue weighted by Crippen LogP contribution is 2.32. The van der Waals surface area contributed by atoms with Gasteiger partial charge in [-0.25, -0.2) is 9.37 Å². The van der Waals surface area contributed by atoms with E-state index in [4.69, 9.17) is 0 Å². The summed E-state index contributed by atoms with van der Waals surface area (Å²) >= 11 is 0. The SMILES string of the molecule is Cc1cc(F)cc(Nc2nccn2C2CCCC2)c1. The van der Waals surface area contributed by atoms with E-state index in [0.717, 1.165) is 17.2 Å². The second kappa shape index (κ2) is 5.03. The number of rotatable bonds is 3. The fourth-order valence-electron chi connectivity index (χ4n) is 2.82. The molecule has 0 unspecified atom stereocenters. The van der Waals surface area contributed by atoms with E-state index in [0.29, 0.717) is 6.04 Å². The number of nitrogens with zero attached hydrogens (tertiary/aromatic N) is 2. The van der Waals surface area contributed by atoms with Gasteiger partial charge in [0.1, 0.15) is 5.82 Å². The highest BCUT2D eigenvalue weighted by molar-refractivity contribution is 5.55. The first-order chi connectivity index (χ1) is 9.22. The molecule has 1 aliphatic rings. The van der Waals surface area contributed by atoms with Crippen molar-refractivity contribution in [3.63, 3.8) is 0 Å². The smallest absolute Gasteiger partial charge is 0.207 e. The van der Waals surface area contributed by atoms with Gasteiger partial charge in [-0.05, 0) is 43.5 Å². The minimum absolute atomic E-state index is 0.221. The van der Waals surface area contributed by atoms with Crippen LogP contribution in [0.3, 0.4) is 0 Å². The highest BCUT2D eigenvalue weighted by atomic mass is 19.1. The summed E-state index contributed by atoms with van der Waals surface area (Å²) in [6.45, 7) is 1.89. The van der Waals surface area contributed by atoms with Crippen molar-refractivity contribution < 1.29 is 4.39 Å². The Balaban J connectivity index is 1.85. The molecule has 0 amide bonds. The van der Waals surface area contributed by atoms with Gasteiger partial charge in [0.05, 0.1) is 0 Å². The maximum atomic E-state index is 13.4. The minimum atomic E-state index is -0.221. The summed E-state index contributed by atoms with van der Waals surface area (Å²) in [5, 5.41) is 3.22. The van der Waals surface area contributed by atoms with E-state index in [9.17, 15) is 4.39 Å². The molecule has 3 rings (SSSR count). The van der Waals surface area contributed by atoms with Crippen molar-refractivity contribution in [3.05, 3.63) is 42.0 Å². The molecule has 1 saturated carbocycles. The van der Waals surface area contributed by atoms with Crippen LogP contribution in [0, 0.1) is 12.7 Å². The third-order valence-electron chi connectivity index (χ3n) is 3.69. The van der Waals surface area contributed by atoms with Crippen LogP contribution in [-0.2, 0) is 0 Å². The zero-order valence-corrected chi connectivity index (χ0v) is 11.1. The van der Waals surface area contributed by atoms with Crippen LogP contribution in [0.2, 0.25) is 0 Å². The molecule has 1 heterocycles. The van der Waals surface area contributed by atoms with Crippen LogP contribution in [0.5, 0.6) is 0 Å². The van der Waals surface area contributed by atoms with E-state index in [1.165, 1.54) is 37.8 Å². The summed E-state index contributed by atoms with van der Waals surface area (Å²) in [4.78, 5) is 4.34. The Labute approximate surface area is 112 Å². The fraction of sp³-hybridized carbons (Fsp3) is 0.400. The lowest BCUT2D eigenvalue weighted by atomic mass is 10.2. The maximum Gasteiger partial charge on any atom is 0.207 e. The molecular formula is C15H18FN3. The zero-order chi connectivity index (χ0) is 13.2. The molecule has 19 heavy (non-hydrogen) atoms. The van der Waals surface area contributed by atoms with Gasteiger partial charge in [-0.15, -0.1) is 0 Å². The molecule has 1 aromatic heterocycles. The number of aromatic nitrogens is 2. The van der Waals surface area contributed by atoms with Gasteiger partial charge >= 0.3 is 0 Å². The molecule has 0 aliphatic heterocycles. The molecule has 0 atom stereocenters. The number of aryl methyl sites for hydroxylation is 1. The van der Waals surface area contributed by atoms with Crippen molar-refractivity contribution in [2.24, 2.45) is 0 Å². The van der Waals surface area contributed by atoms with Gasteiger partial charge < -0.3 is 9.88 Å². The Hall–Kier alpha value is -1.84. The summed E-state index contributed by atoms with van der Waals surface area (Å²) < 4.78 is 15.6. The lowest BCUT2D eigenvalue weighted by Gasteiger charge is -2.16. The number of imidazole rings is 1. The molecule has 1 aromatic carbocycles. The molecule has 100 valence electrons. The van der Waals surface area contributed by atoms with Gasteiger partial charge in [0.15, 0.2) is 0 Å². The van der Waals surface area contributed by atoms with Gasteiger partial charge in [-0.2, -0.15) is 0 Å². The predicted octanol–water partition coefficient (Wildman–Crippen LogP) is 4.19. The molecule has 0 radical (unpaired) electrons. The van der Waals surface area contributed by atoms with E-state index >= 15 is 0 Å². The molecule has 0 bridgehead atoms. The average Bonchev–Trinajstić information content (AvgIpc) is 2.96. The van der Waals surface area contributed by atoms with E-state index in [1.54, 1.807) is 6.20 Å². The lowest BCUT2D eigenvalue weighted by Crippen LogP contribution is -2.08. The number of hydrogen-bond donors (Lipinski definition) is 1. The largest absolute Gasteiger partial charge is 0.325 e. The Morgan fingerprint density at radius 3 is 2.79 bits per heavy atom. The number of benzene rings is 1. The second-order valence-electron chi connectivity index (χ2n) is 5.24. The van der Waals surface area contributed by atoms with Crippen LogP contribution in [0.4, 0.5) is 16.0 Å². The van der Waals surface area contributed by atoms with Crippen molar-refractivity contribution in [1.82, 2.24) is 9.55 Å². The van der Waals surface area contributed by atoms with Gasteiger partial charge in [0.25, 0.3) is 0 Å². The monoisotopic (exact) mass is 259 g/mol. The number of nitrogens with one attached hydrogen (secondary N) is 1. The normalized spacial score (nSPS) is 15.9. The maximum absolute atomic E-state index is 13.4. The number of anilines is 2. The van der Waals surface area contributed by atoms with Crippen LogP contribution in [0.25, 0.3) is 0 Å². The van der Waals surface area contributed by atoms with Crippen molar-refractivity contribution >= 4 is 11.6 Å². The van der Waals surface area contributed by atoms with E-state index in [-0.39, 0.29) is 5.82 Å². The standard InChI is InChI=1S/C15H18FN3/c1-11-8-12(16)10-13(9-11)18-15-17-6-7-19(15)14-4-2-3-5-14/h6-10,14H,2-5H2,1H3,(H,17,18). The number of hydrogen-bond acceptors (Lipinski definition) is 2. The van der Waals surface area contributed by atoms with Gasteiger partial charge in [0.2, 0.25) is 5.95 Å². The Bertz CT molecular complexity index is 550. The van der Waals surface area contributed by atoms with Gasteiger partial charge in [-0.3, -0.25) is 0 Å². The van der Waals surface area contributed by atoms with E-state index in [1.807, 2.05) is 19.2 Å². The Morgan fingerprint density at radius 1 is 1.26 bits per heavy atom. The van der Waals surface area contributed by atoms with Gasteiger partial charge in [-0.1, -0.05) is 12.8 Å². The molecule has 1 aliphatic carbocycles. The van der Waals surface area contributed by atoms with Crippen LogP contribution in [-0.4, -0.2) is 9.55 Å². The van der Waals surface area contributed by atoms with Crippen molar-refractivity contribution in [1.29, 1.82) is 0 Å². The summed E-state index contributed by atoms with van der Waals surface area (Å²) in [6.07, 6.45) is 8.76. The number of halogens is 1. The lowest BCUT2D eigenvalue weighted by molar-refractivity contribution is 0.525. The molecule has 1 N–H and O–H groups in total. The topological polar surface area (TPSA) is 29.9 Å². The quantitative estimate of drug-likeness (QED) is 0.895. The third kappa shape index (κ3) is 2.62. The third-order valence-corrected chi connectivity index (χ3v) is 3.69. The van der Waals surface area contributed by atoms with Crippen LogP contribution in [0.15, 0.2) is 30.6 Å². The van der Waals surface area contributed by atoms with Crippen molar-refractivity contribution in [2.75, 3.05) is 5.32 Å². The molecule has 2 aromatic rings. The summed E-state index contributed by atoms with van der Waals surface area (Å²) in [5.41, 5.74) is 1.66. The zero-order valence-electron chi connectivity index (χ0n) is 11.1. The van der Waals surface area contributed by atoms with E-state index in [2.05, 4.69) is 14.9 Å². The van der Waals surface area contributed by atoms with Crippen molar-refractivity contribution in [2.45, 2.75) is 38.6 Å².